The molecule has 0 spiro atoms. The smallest absolute Gasteiger partial charge is 0.251 e. The maximum absolute atomic E-state index is 12.1. The van der Waals surface area contributed by atoms with Gasteiger partial charge in [0.25, 0.3) is 5.91 Å². The van der Waals surface area contributed by atoms with E-state index in [1.54, 1.807) is 30.5 Å². The molecule has 0 saturated heterocycles. The van der Waals surface area contributed by atoms with Gasteiger partial charge in [-0.2, -0.15) is 0 Å². The lowest BCUT2D eigenvalue weighted by Gasteiger charge is -2.06. The first-order chi connectivity index (χ1) is 10.2. The quantitative estimate of drug-likeness (QED) is 0.768. The molecule has 5 heteroatoms. The summed E-state index contributed by atoms with van der Waals surface area (Å²) in [5.41, 5.74) is 1.75. The number of carbonyl (C=O) groups is 1. The third-order valence-corrected chi connectivity index (χ3v) is 3.14. The molecule has 0 saturated carbocycles. The summed E-state index contributed by atoms with van der Waals surface area (Å²) in [6, 6.07) is 13.9. The number of pyridine rings is 2. The number of benzene rings is 1. The maximum Gasteiger partial charge on any atom is 0.251 e. The number of aromatic nitrogens is 2. The van der Waals surface area contributed by atoms with E-state index in [9.17, 15) is 9.59 Å². The van der Waals surface area contributed by atoms with Crippen LogP contribution in [0.15, 0.2) is 59.5 Å². The molecule has 3 aromatic rings. The van der Waals surface area contributed by atoms with Crippen LogP contribution in [0.4, 0.5) is 0 Å². The molecular weight excluding hydrogens is 266 g/mol. The number of nitrogens with zero attached hydrogens (tertiary/aromatic N) is 1. The molecule has 0 aliphatic heterocycles. The minimum absolute atomic E-state index is 0.187. The van der Waals surface area contributed by atoms with E-state index in [1.807, 2.05) is 18.2 Å². The molecule has 0 fully saturated rings. The van der Waals surface area contributed by atoms with E-state index in [2.05, 4.69) is 15.3 Å². The van der Waals surface area contributed by atoms with Crippen molar-refractivity contribution in [2.75, 3.05) is 0 Å². The van der Waals surface area contributed by atoms with Crippen molar-refractivity contribution in [2.45, 2.75) is 6.54 Å². The zero-order valence-corrected chi connectivity index (χ0v) is 11.2. The Hall–Kier alpha value is -2.95. The number of carbonyl (C=O) groups excluding carboxylic acids is 1. The van der Waals surface area contributed by atoms with Crippen molar-refractivity contribution in [3.8, 4) is 0 Å². The molecular formula is C16H13N3O2. The van der Waals surface area contributed by atoms with Crippen LogP contribution >= 0.6 is 0 Å². The van der Waals surface area contributed by atoms with E-state index in [-0.39, 0.29) is 11.5 Å². The first-order valence-electron chi connectivity index (χ1n) is 6.53. The maximum atomic E-state index is 12.1. The third-order valence-electron chi connectivity index (χ3n) is 3.14. The molecule has 104 valence electrons. The second-order valence-corrected chi connectivity index (χ2v) is 4.63. The number of H-pyrrole nitrogens is 1. The van der Waals surface area contributed by atoms with Gasteiger partial charge in [-0.25, -0.2) is 0 Å². The Morgan fingerprint density at radius 2 is 2.00 bits per heavy atom. The van der Waals surface area contributed by atoms with Gasteiger partial charge in [-0.05, 0) is 35.7 Å². The van der Waals surface area contributed by atoms with Gasteiger partial charge >= 0.3 is 0 Å². The molecule has 3 rings (SSSR count). The fourth-order valence-corrected chi connectivity index (χ4v) is 2.07. The van der Waals surface area contributed by atoms with Gasteiger partial charge in [0.15, 0.2) is 0 Å². The zero-order chi connectivity index (χ0) is 14.7. The molecule has 2 N–H and O–H groups in total. The molecule has 1 amide bonds. The number of hydrogen-bond donors (Lipinski definition) is 2. The zero-order valence-electron chi connectivity index (χ0n) is 11.2. The van der Waals surface area contributed by atoms with E-state index in [0.717, 1.165) is 11.1 Å². The van der Waals surface area contributed by atoms with Crippen molar-refractivity contribution in [2.24, 2.45) is 0 Å². The van der Waals surface area contributed by atoms with Crippen LogP contribution in [0.5, 0.6) is 0 Å². The van der Waals surface area contributed by atoms with E-state index in [1.165, 1.54) is 6.07 Å². The highest BCUT2D eigenvalue weighted by atomic mass is 16.1. The number of fused-ring (bicyclic) bond motifs is 1. The average Bonchev–Trinajstić information content (AvgIpc) is 2.53. The molecule has 1 aromatic carbocycles. The molecule has 0 atom stereocenters. The van der Waals surface area contributed by atoms with Gasteiger partial charge < -0.3 is 10.3 Å². The minimum Gasteiger partial charge on any atom is -0.346 e. The summed E-state index contributed by atoms with van der Waals surface area (Å²) in [6.45, 7) is 0.364. The summed E-state index contributed by atoms with van der Waals surface area (Å²) in [7, 11) is 0. The minimum atomic E-state index is -0.202. The molecule has 21 heavy (non-hydrogen) atoms. The van der Waals surface area contributed by atoms with Crippen molar-refractivity contribution >= 4 is 16.8 Å². The standard InChI is InChI=1S/C16H13N3O2/c20-15-7-6-11-4-5-12(9-14(11)19-15)16(21)18-10-13-3-1-2-8-17-13/h1-9H,10H2,(H,18,21)(H,19,20). The lowest BCUT2D eigenvalue weighted by atomic mass is 10.1. The summed E-state index contributed by atoms with van der Waals surface area (Å²) in [5.74, 6) is -0.202. The van der Waals surface area contributed by atoms with Crippen molar-refractivity contribution in [3.63, 3.8) is 0 Å². The van der Waals surface area contributed by atoms with Gasteiger partial charge in [-0.15, -0.1) is 0 Å². The third kappa shape index (κ3) is 2.97. The Morgan fingerprint density at radius 1 is 1.14 bits per heavy atom. The van der Waals surface area contributed by atoms with Gasteiger partial charge in [0, 0.05) is 23.3 Å². The fraction of sp³-hybridized carbons (Fsp3) is 0.0625. The lowest BCUT2D eigenvalue weighted by molar-refractivity contribution is 0.0950. The SMILES string of the molecule is O=C(NCc1ccccn1)c1ccc2ccc(=O)[nH]c2c1. The number of aromatic amines is 1. The normalized spacial score (nSPS) is 10.5. The molecule has 0 bridgehead atoms. The van der Waals surface area contributed by atoms with Gasteiger partial charge in [0.1, 0.15) is 0 Å². The lowest BCUT2D eigenvalue weighted by Crippen LogP contribution is -2.23. The number of nitrogens with one attached hydrogen (secondary N) is 2. The van der Waals surface area contributed by atoms with Gasteiger partial charge in [-0.1, -0.05) is 12.1 Å². The summed E-state index contributed by atoms with van der Waals surface area (Å²) >= 11 is 0. The monoisotopic (exact) mass is 279 g/mol. The summed E-state index contributed by atoms with van der Waals surface area (Å²) in [4.78, 5) is 30.3. The van der Waals surface area contributed by atoms with Crippen LogP contribution in [0, 0.1) is 0 Å². The highest BCUT2D eigenvalue weighted by molar-refractivity contribution is 5.97. The number of hydrogen-bond acceptors (Lipinski definition) is 3. The van der Waals surface area contributed by atoms with Crippen LogP contribution in [0.1, 0.15) is 16.1 Å². The van der Waals surface area contributed by atoms with Crippen molar-refractivity contribution in [1.29, 1.82) is 0 Å². The fourth-order valence-electron chi connectivity index (χ4n) is 2.07. The molecule has 2 heterocycles. The second-order valence-electron chi connectivity index (χ2n) is 4.63. The van der Waals surface area contributed by atoms with Crippen LogP contribution < -0.4 is 10.9 Å². The summed E-state index contributed by atoms with van der Waals surface area (Å²) < 4.78 is 0. The Balaban J connectivity index is 1.79. The molecule has 0 aliphatic rings. The van der Waals surface area contributed by atoms with Gasteiger partial charge in [0.05, 0.1) is 12.2 Å². The van der Waals surface area contributed by atoms with Crippen LogP contribution in [-0.2, 0) is 6.54 Å². The highest BCUT2D eigenvalue weighted by Gasteiger charge is 2.06. The van der Waals surface area contributed by atoms with Crippen molar-refractivity contribution in [3.05, 3.63) is 76.3 Å². The van der Waals surface area contributed by atoms with Crippen LogP contribution in [0.25, 0.3) is 10.9 Å². The summed E-state index contributed by atoms with van der Waals surface area (Å²) in [6.07, 6.45) is 1.68. The van der Waals surface area contributed by atoms with Crippen molar-refractivity contribution < 1.29 is 4.79 Å². The molecule has 5 nitrogen and oxygen atoms in total. The van der Waals surface area contributed by atoms with Gasteiger partial charge in [-0.3, -0.25) is 14.6 Å². The van der Waals surface area contributed by atoms with Crippen molar-refractivity contribution in [1.82, 2.24) is 15.3 Å². The largest absolute Gasteiger partial charge is 0.346 e. The molecule has 2 aromatic heterocycles. The first kappa shape index (κ1) is 13.1. The number of amides is 1. The highest BCUT2D eigenvalue weighted by Crippen LogP contribution is 2.12. The molecule has 0 aliphatic carbocycles. The Bertz CT molecular complexity index is 841. The van der Waals surface area contributed by atoms with E-state index in [4.69, 9.17) is 0 Å². The van der Waals surface area contributed by atoms with Crippen LogP contribution in [-0.4, -0.2) is 15.9 Å². The van der Waals surface area contributed by atoms with E-state index >= 15 is 0 Å². The van der Waals surface area contributed by atoms with E-state index < -0.39 is 0 Å². The van der Waals surface area contributed by atoms with E-state index in [0.29, 0.717) is 17.6 Å². The molecule has 0 radical (unpaired) electrons. The Kier molecular flexibility index (Phi) is 3.47. The predicted molar refractivity (Wildman–Crippen MR) is 80.0 cm³/mol. The van der Waals surface area contributed by atoms with Gasteiger partial charge in [0.2, 0.25) is 5.56 Å². The second kappa shape index (κ2) is 5.58. The first-order valence-corrected chi connectivity index (χ1v) is 6.53. The Labute approximate surface area is 120 Å². The Morgan fingerprint density at radius 3 is 2.81 bits per heavy atom. The van der Waals surface area contributed by atoms with Crippen LogP contribution in [0.3, 0.4) is 0 Å². The molecule has 0 unspecified atom stereocenters. The van der Waals surface area contributed by atoms with Crippen LogP contribution in [0.2, 0.25) is 0 Å². The topological polar surface area (TPSA) is 74.8 Å². The average molecular weight is 279 g/mol. The summed E-state index contributed by atoms with van der Waals surface area (Å²) in [5, 5.41) is 3.69. The predicted octanol–water partition coefficient (Wildman–Crippen LogP) is 1.85. The number of rotatable bonds is 3.